The number of pyridine rings is 1. The lowest BCUT2D eigenvalue weighted by Gasteiger charge is -2.33. The highest BCUT2D eigenvalue weighted by atomic mass is 35.5. The minimum atomic E-state index is -1.15. The summed E-state index contributed by atoms with van der Waals surface area (Å²) in [5.41, 5.74) is 6.17. The molecule has 6 heteroatoms. The summed E-state index contributed by atoms with van der Waals surface area (Å²) in [6, 6.07) is 14.7. The van der Waals surface area contributed by atoms with Gasteiger partial charge >= 0.3 is 5.97 Å². The Balaban J connectivity index is 1.90. The van der Waals surface area contributed by atoms with Crippen molar-refractivity contribution in [2.24, 2.45) is 0 Å². The second-order valence-corrected chi connectivity index (χ2v) is 9.42. The van der Waals surface area contributed by atoms with E-state index in [-0.39, 0.29) is 0 Å². The lowest BCUT2D eigenvalue weighted by Crippen LogP contribution is -2.32. The Labute approximate surface area is 211 Å². The molecule has 0 saturated carbocycles. The Hall–Kier alpha value is -3.31. The van der Waals surface area contributed by atoms with Gasteiger partial charge in [0.1, 0.15) is 0 Å². The molecule has 5 rings (SSSR count). The number of aromatic nitrogens is 2. The van der Waals surface area contributed by atoms with Crippen molar-refractivity contribution in [2.45, 2.75) is 46.8 Å². The third-order valence-electron chi connectivity index (χ3n) is 7.35. The lowest BCUT2D eigenvalue weighted by molar-refractivity contribution is 0.0252. The first-order valence-electron chi connectivity index (χ1n) is 12.2. The van der Waals surface area contributed by atoms with Crippen molar-refractivity contribution in [1.82, 2.24) is 9.55 Å². The van der Waals surface area contributed by atoms with Gasteiger partial charge in [0.15, 0.2) is 5.60 Å². The average Bonchev–Trinajstić information content (AvgIpc) is 3.31. The summed E-state index contributed by atoms with van der Waals surface area (Å²) in [5.74, 6) is -0.424. The molecule has 0 bridgehead atoms. The molecule has 2 aromatic carbocycles. The van der Waals surface area contributed by atoms with Gasteiger partial charge in [-0.1, -0.05) is 35.9 Å². The maximum absolute atomic E-state index is 13.4. The van der Waals surface area contributed by atoms with E-state index in [2.05, 4.69) is 79.4 Å². The van der Waals surface area contributed by atoms with Crippen LogP contribution in [-0.4, -0.2) is 28.6 Å². The first kappa shape index (κ1) is 23.4. The van der Waals surface area contributed by atoms with Crippen LogP contribution in [0.5, 0.6) is 0 Å². The monoisotopic (exact) mass is 487 g/mol. The van der Waals surface area contributed by atoms with Crippen LogP contribution in [0.4, 0.5) is 5.69 Å². The van der Waals surface area contributed by atoms with Crippen molar-refractivity contribution in [2.75, 3.05) is 18.0 Å². The molecule has 4 aromatic rings. The zero-order valence-electron chi connectivity index (χ0n) is 20.9. The summed E-state index contributed by atoms with van der Waals surface area (Å²) in [4.78, 5) is 20.1. The summed E-state index contributed by atoms with van der Waals surface area (Å²) in [5, 5.41) is 1.36. The summed E-state index contributed by atoms with van der Waals surface area (Å²) in [6.07, 6.45) is 3.25. The van der Waals surface area contributed by atoms with E-state index in [9.17, 15) is 4.79 Å². The summed E-state index contributed by atoms with van der Waals surface area (Å²) >= 11 is 6.53. The van der Waals surface area contributed by atoms with E-state index in [1.807, 2.05) is 12.1 Å². The number of rotatable bonds is 6. The van der Waals surface area contributed by atoms with Gasteiger partial charge in [-0.05, 0) is 58.4 Å². The van der Waals surface area contributed by atoms with E-state index in [0.717, 1.165) is 58.6 Å². The number of esters is 1. The van der Waals surface area contributed by atoms with Gasteiger partial charge in [0.25, 0.3) is 0 Å². The Morgan fingerprint density at radius 2 is 1.77 bits per heavy atom. The number of hydrogen-bond acceptors (Lipinski definition) is 4. The van der Waals surface area contributed by atoms with Gasteiger partial charge in [0.2, 0.25) is 0 Å². The van der Waals surface area contributed by atoms with Crippen LogP contribution in [-0.2, 0) is 16.9 Å². The number of carbonyl (C=O) groups excluding carboxylic acids is 1. The molecule has 1 aliphatic rings. The maximum atomic E-state index is 13.4. The predicted molar refractivity (Wildman–Crippen MR) is 142 cm³/mol. The van der Waals surface area contributed by atoms with E-state index in [4.69, 9.17) is 16.3 Å². The van der Waals surface area contributed by atoms with Gasteiger partial charge < -0.3 is 14.2 Å². The van der Waals surface area contributed by atoms with Crippen LogP contribution >= 0.6 is 11.6 Å². The molecule has 0 radical (unpaired) electrons. The number of nitrogens with zero attached hydrogens (tertiary/aromatic N) is 3. The van der Waals surface area contributed by atoms with Crippen molar-refractivity contribution in [3.05, 3.63) is 93.4 Å². The summed E-state index contributed by atoms with van der Waals surface area (Å²) in [6.45, 7) is 13.3. The Morgan fingerprint density at radius 3 is 2.46 bits per heavy atom. The van der Waals surface area contributed by atoms with Crippen LogP contribution in [0.2, 0.25) is 5.02 Å². The molecular weight excluding hydrogens is 458 g/mol. The molecule has 1 atom stereocenters. The molecule has 0 aliphatic carbocycles. The first-order chi connectivity index (χ1) is 16.9. The second-order valence-electron chi connectivity index (χ2n) is 9.01. The molecule has 0 amide bonds. The minimum absolute atomic E-state index is 0.309. The molecule has 35 heavy (non-hydrogen) atoms. The number of cyclic esters (lactones) is 1. The van der Waals surface area contributed by atoms with E-state index in [1.54, 1.807) is 6.20 Å². The fraction of sp³-hybridized carbons (Fsp3) is 0.310. The highest BCUT2D eigenvalue weighted by Gasteiger charge is 2.52. The smallest absolute Gasteiger partial charge is 0.341 e. The molecule has 1 aliphatic heterocycles. The van der Waals surface area contributed by atoms with Crippen molar-refractivity contribution < 1.29 is 9.53 Å². The molecule has 0 fully saturated rings. The number of para-hydroxylation sites is 1. The normalized spacial score (nSPS) is 17.0. The van der Waals surface area contributed by atoms with Gasteiger partial charge in [-0.2, -0.15) is 0 Å². The van der Waals surface area contributed by atoms with Crippen molar-refractivity contribution >= 4 is 34.2 Å². The summed E-state index contributed by atoms with van der Waals surface area (Å²) in [7, 11) is 0. The number of anilines is 1. The number of carbonyl (C=O) groups is 1. The van der Waals surface area contributed by atoms with Crippen LogP contribution in [0.15, 0.2) is 54.9 Å². The van der Waals surface area contributed by atoms with E-state index >= 15 is 0 Å². The molecule has 0 saturated heterocycles. The van der Waals surface area contributed by atoms with Gasteiger partial charge in [0, 0.05) is 71.0 Å². The summed E-state index contributed by atoms with van der Waals surface area (Å²) < 4.78 is 8.74. The van der Waals surface area contributed by atoms with E-state index in [0.29, 0.717) is 16.1 Å². The largest absolute Gasteiger partial charge is 0.440 e. The van der Waals surface area contributed by atoms with E-state index < -0.39 is 11.6 Å². The molecular formula is C29H30ClN3O2. The molecule has 5 nitrogen and oxygen atoms in total. The second kappa shape index (κ2) is 8.72. The van der Waals surface area contributed by atoms with Crippen LogP contribution in [0.3, 0.4) is 0 Å². The number of fused-ring (bicyclic) bond motifs is 2. The zero-order chi connectivity index (χ0) is 24.9. The Kier molecular flexibility index (Phi) is 5.84. The van der Waals surface area contributed by atoms with Crippen molar-refractivity contribution in [3.63, 3.8) is 0 Å². The minimum Gasteiger partial charge on any atom is -0.440 e. The Bertz CT molecular complexity index is 1450. The third kappa shape index (κ3) is 3.29. The third-order valence-corrected chi connectivity index (χ3v) is 7.63. The number of halogens is 1. The zero-order valence-corrected chi connectivity index (χ0v) is 21.6. The van der Waals surface area contributed by atoms with Crippen LogP contribution in [0, 0.1) is 13.8 Å². The topological polar surface area (TPSA) is 47.4 Å². The molecule has 180 valence electrons. The molecule has 2 aromatic heterocycles. The fourth-order valence-corrected chi connectivity index (χ4v) is 6.02. The van der Waals surface area contributed by atoms with Gasteiger partial charge in [-0.25, -0.2) is 4.79 Å². The number of benzene rings is 2. The number of ether oxygens (including phenoxy) is 1. The number of hydrogen-bond donors (Lipinski definition) is 0. The van der Waals surface area contributed by atoms with Crippen LogP contribution in [0.25, 0.3) is 10.9 Å². The van der Waals surface area contributed by atoms with Crippen molar-refractivity contribution in [3.8, 4) is 0 Å². The van der Waals surface area contributed by atoms with Gasteiger partial charge in [-0.3, -0.25) is 4.98 Å². The standard InChI is InChI=1S/C29H30ClN3O2/c1-6-32(7-2)20-13-14-22(18(4)15-20)29(23-16-31-17-24(30)26(23)28(34)35-29)27-19(5)33(8-3)25-12-10-9-11-21(25)27/h9-17H,6-8H2,1-5H3. The van der Waals surface area contributed by atoms with Crippen LogP contribution in [0.1, 0.15) is 59.1 Å². The van der Waals surface area contributed by atoms with E-state index in [1.165, 1.54) is 6.20 Å². The fourth-order valence-electron chi connectivity index (χ4n) is 5.79. The average molecular weight is 488 g/mol. The quantitative estimate of drug-likeness (QED) is 0.286. The van der Waals surface area contributed by atoms with Gasteiger partial charge in [-0.15, -0.1) is 0 Å². The molecule has 0 spiro atoms. The first-order valence-corrected chi connectivity index (χ1v) is 12.6. The van der Waals surface area contributed by atoms with Crippen LogP contribution < -0.4 is 4.90 Å². The number of aryl methyl sites for hydroxylation is 2. The SMILES string of the molecule is CCN(CC)c1ccc(C2(c3c(C)n(CC)c4ccccc34)OC(=O)c3c(Cl)cncc32)c(C)c1. The Morgan fingerprint density at radius 1 is 1.03 bits per heavy atom. The molecule has 0 N–H and O–H groups in total. The molecule has 1 unspecified atom stereocenters. The highest BCUT2D eigenvalue weighted by Crippen LogP contribution is 2.52. The lowest BCUT2D eigenvalue weighted by atomic mass is 9.77. The highest BCUT2D eigenvalue weighted by molar-refractivity contribution is 6.34. The molecule has 3 heterocycles. The maximum Gasteiger partial charge on any atom is 0.341 e. The van der Waals surface area contributed by atoms with Gasteiger partial charge in [0.05, 0.1) is 10.6 Å². The predicted octanol–water partition coefficient (Wildman–Crippen LogP) is 6.63. The van der Waals surface area contributed by atoms with Crippen molar-refractivity contribution in [1.29, 1.82) is 0 Å².